The predicted octanol–water partition coefficient (Wildman–Crippen LogP) is 4.58. The summed E-state index contributed by atoms with van der Waals surface area (Å²) in [5.74, 6) is 0.647. The van der Waals surface area contributed by atoms with Crippen LogP contribution in [-0.2, 0) is 6.42 Å². The Kier molecular flexibility index (Phi) is 6.68. The molecule has 0 spiro atoms. The van der Waals surface area contributed by atoms with Crippen molar-refractivity contribution in [2.45, 2.75) is 19.8 Å². The Morgan fingerprint density at radius 1 is 1.17 bits per heavy atom. The molecule has 0 aliphatic heterocycles. The smallest absolute Gasteiger partial charge is 0.170 e. The van der Waals surface area contributed by atoms with Gasteiger partial charge in [-0.15, -0.1) is 0 Å². The summed E-state index contributed by atoms with van der Waals surface area (Å²) in [7, 11) is 1.59. The van der Waals surface area contributed by atoms with Gasteiger partial charge in [0, 0.05) is 12.2 Å². The monoisotopic (exact) mass is 348 g/mol. The molecule has 0 amide bonds. The van der Waals surface area contributed by atoms with E-state index in [0.29, 0.717) is 15.9 Å². The quantitative estimate of drug-likeness (QED) is 0.591. The number of hydrogen-bond acceptors (Lipinski definition) is 2. The van der Waals surface area contributed by atoms with E-state index in [4.69, 9.17) is 28.6 Å². The second kappa shape index (κ2) is 8.75. The van der Waals surface area contributed by atoms with Crippen LogP contribution in [0.2, 0.25) is 5.02 Å². The molecule has 0 saturated heterocycles. The zero-order valence-electron chi connectivity index (χ0n) is 13.4. The van der Waals surface area contributed by atoms with Crippen LogP contribution < -0.4 is 15.4 Å². The lowest BCUT2D eigenvalue weighted by molar-refractivity contribution is 0.415. The summed E-state index contributed by atoms with van der Waals surface area (Å²) < 4.78 is 5.13. The molecule has 0 aliphatic rings. The molecule has 0 atom stereocenters. The SMILES string of the molecule is COc1ccc(NC(=S)NCCCc2ccc(C)cc2)cc1Cl. The molecule has 0 bridgehead atoms. The molecule has 0 aliphatic carbocycles. The van der Waals surface area contributed by atoms with Crippen molar-refractivity contribution in [1.82, 2.24) is 5.32 Å². The summed E-state index contributed by atoms with van der Waals surface area (Å²) in [5, 5.41) is 7.48. The molecule has 0 radical (unpaired) electrons. The topological polar surface area (TPSA) is 33.3 Å². The molecular weight excluding hydrogens is 328 g/mol. The highest BCUT2D eigenvalue weighted by Gasteiger charge is 2.03. The van der Waals surface area contributed by atoms with Gasteiger partial charge < -0.3 is 15.4 Å². The summed E-state index contributed by atoms with van der Waals surface area (Å²) in [6, 6.07) is 14.1. The van der Waals surface area contributed by atoms with Gasteiger partial charge in [0.1, 0.15) is 5.75 Å². The second-order valence-electron chi connectivity index (χ2n) is 5.32. The average molecular weight is 349 g/mol. The van der Waals surface area contributed by atoms with Gasteiger partial charge in [0.25, 0.3) is 0 Å². The first-order chi connectivity index (χ1) is 11.1. The van der Waals surface area contributed by atoms with Crippen LogP contribution in [0.25, 0.3) is 0 Å². The van der Waals surface area contributed by atoms with E-state index in [0.717, 1.165) is 25.1 Å². The number of benzene rings is 2. The van der Waals surface area contributed by atoms with E-state index in [-0.39, 0.29) is 0 Å². The molecule has 0 heterocycles. The Morgan fingerprint density at radius 3 is 2.57 bits per heavy atom. The minimum Gasteiger partial charge on any atom is -0.495 e. The van der Waals surface area contributed by atoms with Crippen LogP contribution in [0.15, 0.2) is 42.5 Å². The van der Waals surface area contributed by atoms with E-state index in [2.05, 4.69) is 41.8 Å². The van der Waals surface area contributed by atoms with Crippen molar-refractivity contribution in [3.63, 3.8) is 0 Å². The number of methoxy groups -OCH3 is 1. The minimum atomic E-state index is 0.555. The van der Waals surface area contributed by atoms with Crippen LogP contribution in [0, 0.1) is 6.92 Å². The Balaban J connectivity index is 1.72. The number of thiocarbonyl (C=S) groups is 1. The van der Waals surface area contributed by atoms with Gasteiger partial charge in [-0.2, -0.15) is 0 Å². The zero-order valence-corrected chi connectivity index (χ0v) is 14.9. The lowest BCUT2D eigenvalue weighted by atomic mass is 10.1. The van der Waals surface area contributed by atoms with Crippen molar-refractivity contribution in [3.05, 3.63) is 58.6 Å². The van der Waals surface area contributed by atoms with Crippen LogP contribution in [0.4, 0.5) is 5.69 Å². The fourth-order valence-corrected chi connectivity index (χ4v) is 2.65. The molecule has 0 fully saturated rings. The molecule has 0 aromatic heterocycles. The largest absolute Gasteiger partial charge is 0.495 e. The van der Waals surface area contributed by atoms with Crippen LogP contribution in [0.1, 0.15) is 17.5 Å². The van der Waals surface area contributed by atoms with Gasteiger partial charge in [-0.25, -0.2) is 0 Å². The zero-order chi connectivity index (χ0) is 16.7. The lowest BCUT2D eigenvalue weighted by Gasteiger charge is -2.12. The summed E-state index contributed by atoms with van der Waals surface area (Å²) in [6.45, 7) is 2.92. The van der Waals surface area contributed by atoms with E-state index < -0.39 is 0 Å². The van der Waals surface area contributed by atoms with Gasteiger partial charge in [0.2, 0.25) is 0 Å². The Morgan fingerprint density at radius 2 is 1.91 bits per heavy atom. The molecule has 2 rings (SSSR count). The van der Waals surface area contributed by atoms with Crippen molar-refractivity contribution in [2.24, 2.45) is 0 Å². The summed E-state index contributed by atoms with van der Waals surface area (Å²) in [5.41, 5.74) is 3.47. The summed E-state index contributed by atoms with van der Waals surface area (Å²) in [4.78, 5) is 0. The van der Waals surface area contributed by atoms with Crippen LogP contribution in [-0.4, -0.2) is 18.8 Å². The van der Waals surface area contributed by atoms with Crippen molar-refractivity contribution >= 4 is 34.6 Å². The normalized spacial score (nSPS) is 10.2. The molecule has 2 N–H and O–H groups in total. The van der Waals surface area contributed by atoms with Gasteiger partial charge >= 0.3 is 0 Å². The highest BCUT2D eigenvalue weighted by molar-refractivity contribution is 7.80. The van der Waals surface area contributed by atoms with E-state index in [9.17, 15) is 0 Å². The number of rotatable bonds is 6. The standard InChI is InChI=1S/C18H21ClN2OS/c1-13-5-7-14(8-6-13)4-3-11-20-18(23)21-15-9-10-17(22-2)16(19)12-15/h5-10,12H,3-4,11H2,1-2H3,(H2,20,21,23). The number of hydrogen-bond donors (Lipinski definition) is 2. The van der Waals surface area contributed by atoms with Crippen LogP contribution >= 0.6 is 23.8 Å². The van der Waals surface area contributed by atoms with Gasteiger partial charge in [-0.3, -0.25) is 0 Å². The number of aryl methyl sites for hydroxylation is 2. The Labute approximate surface area is 148 Å². The first-order valence-electron chi connectivity index (χ1n) is 7.52. The maximum atomic E-state index is 6.09. The first kappa shape index (κ1) is 17.6. The predicted molar refractivity (Wildman–Crippen MR) is 102 cm³/mol. The average Bonchev–Trinajstić information content (AvgIpc) is 2.53. The molecule has 23 heavy (non-hydrogen) atoms. The molecule has 0 unspecified atom stereocenters. The molecule has 5 heteroatoms. The molecular formula is C18H21ClN2OS. The maximum Gasteiger partial charge on any atom is 0.170 e. The van der Waals surface area contributed by atoms with Gasteiger partial charge in [-0.1, -0.05) is 41.4 Å². The highest BCUT2D eigenvalue weighted by Crippen LogP contribution is 2.27. The number of nitrogens with one attached hydrogen (secondary N) is 2. The van der Waals surface area contributed by atoms with Crippen LogP contribution in [0.5, 0.6) is 5.75 Å². The number of ether oxygens (including phenoxy) is 1. The van der Waals surface area contributed by atoms with E-state index in [1.807, 2.05) is 12.1 Å². The minimum absolute atomic E-state index is 0.555. The van der Waals surface area contributed by atoms with E-state index in [1.54, 1.807) is 13.2 Å². The third-order valence-corrected chi connectivity index (χ3v) is 4.00. The number of halogens is 1. The fraction of sp³-hybridized carbons (Fsp3) is 0.278. The van der Waals surface area contributed by atoms with E-state index >= 15 is 0 Å². The summed E-state index contributed by atoms with van der Waals surface area (Å²) in [6.07, 6.45) is 2.05. The van der Waals surface area contributed by atoms with Crippen molar-refractivity contribution < 1.29 is 4.74 Å². The third kappa shape index (κ3) is 5.73. The Bertz CT molecular complexity index is 659. The van der Waals surface area contributed by atoms with Crippen molar-refractivity contribution in [1.29, 1.82) is 0 Å². The molecule has 0 saturated carbocycles. The molecule has 2 aromatic rings. The van der Waals surface area contributed by atoms with Gasteiger partial charge in [0.15, 0.2) is 5.11 Å². The van der Waals surface area contributed by atoms with Crippen molar-refractivity contribution in [3.8, 4) is 5.75 Å². The maximum absolute atomic E-state index is 6.09. The molecule has 122 valence electrons. The van der Waals surface area contributed by atoms with Crippen molar-refractivity contribution in [2.75, 3.05) is 19.0 Å². The van der Waals surface area contributed by atoms with Crippen LogP contribution in [0.3, 0.4) is 0 Å². The van der Waals surface area contributed by atoms with Gasteiger partial charge in [0.05, 0.1) is 12.1 Å². The first-order valence-corrected chi connectivity index (χ1v) is 8.31. The number of anilines is 1. The third-order valence-electron chi connectivity index (χ3n) is 3.46. The van der Waals surface area contributed by atoms with E-state index in [1.165, 1.54) is 11.1 Å². The highest BCUT2D eigenvalue weighted by atomic mass is 35.5. The Hall–Kier alpha value is -1.78. The fourth-order valence-electron chi connectivity index (χ4n) is 2.17. The van der Waals surface area contributed by atoms with Gasteiger partial charge in [-0.05, 0) is 55.7 Å². The molecule has 3 nitrogen and oxygen atoms in total. The second-order valence-corrected chi connectivity index (χ2v) is 6.13. The summed E-state index contributed by atoms with van der Waals surface area (Å²) >= 11 is 11.4. The lowest BCUT2D eigenvalue weighted by Crippen LogP contribution is -2.29. The molecule has 2 aromatic carbocycles.